The molecule has 160 valence electrons. The Balaban J connectivity index is 1.78. The number of nitrogens with zero attached hydrogens (tertiary/aromatic N) is 3. The van der Waals surface area contributed by atoms with E-state index in [-0.39, 0.29) is 29.0 Å². The molecule has 9 nitrogen and oxygen atoms in total. The molecule has 0 aliphatic carbocycles. The van der Waals surface area contributed by atoms with Crippen LogP contribution in [0.5, 0.6) is 11.6 Å². The van der Waals surface area contributed by atoms with Gasteiger partial charge in [-0.1, -0.05) is 30.3 Å². The molecule has 3 heterocycles. The Morgan fingerprint density at radius 1 is 1.22 bits per heavy atom. The van der Waals surface area contributed by atoms with Crippen molar-refractivity contribution in [2.24, 2.45) is 5.10 Å². The molecule has 0 aliphatic rings. The van der Waals surface area contributed by atoms with Gasteiger partial charge in [0.2, 0.25) is 5.88 Å². The lowest BCUT2D eigenvalue weighted by molar-refractivity contribution is 0.0947. The van der Waals surface area contributed by atoms with Crippen LogP contribution < -0.4 is 15.7 Å². The van der Waals surface area contributed by atoms with E-state index in [1.165, 1.54) is 6.21 Å². The summed E-state index contributed by atoms with van der Waals surface area (Å²) in [6.07, 6.45) is 4.59. The number of aromatic nitrogens is 3. The molecule has 0 saturated heterocycles. The topological polar surface area (TPSA) is 130 Å². The lowest BCUT2D eigenvalue weighted by Gasteiger charge is -2.12. The number of amides is 1. The summed E-state index contributed by atoms with van der Waals surface area (Å²) in [7, 11) is 0. The predicted octanol–water partition coefficient (Wildman–Crippen LogP) is 2.85. The van der Waals surface area contributed by atoms with E-state index in [4.69, 9.17) is 4.74 Å². The molecule has 0 bridgehead atoms. The van der Waals surface area contributed by atoms with Crippen molar-refractivity contribution in [2.75, 3.05) is 6.61 Å². The molecule has 3 N–H and O–H groups in total. The van der Waals surface area contributed by atoms with Crippen molar-refractivity contribution >= 4 is 22.9 Å². The van der Waals surface area contributed by atoms with Gasteiger partial charge in [-0.3, -0.25) is 14.6 Å². The Kier molecular flexibility index (Phi) is 5.89. The molecule has 0 atom stereocenters. The third-order valence-electron chi connectivity index (χ3n) is 4.61. The average Bonchev–Trinajstić information content (AvgIpc) is 2.82. The first-order valence-corrected chi connectivity index (χ1v) is 9.80. The molecule has 0 spiro atoms. The number of benzene rings is 1. The van der Waals surface area contributed by atoms with Crippen molar-refractivity contribution in [3.8, 4) is 22.9 Å². The number of carbonyl (C=O) groups excluding carboxylic acids is 1. The number of pyridine rings is 3. The summed E-state index contributed by atoms with van der Waals surface area (Å²) in [4.78, 5) is 36.1. The number of rotatable bonds is 6. The molecule has 4 aromatic rings. The number of hydrazone groups is 1. The Bertz CT molecular complexity index is 1350. The molecule has 1 amide bonds. The Morgan fingerprint density at radius 2 is 1.97 bits per heavy atom. The molecular weight excluding hydrogens is 410 g/mol. The van der Waals surface area contributed by atoms with Crippen molar-refractivity contribution in [3.05, 3.63) is 82.5 Å². The van der Waals surface area contributed by atoms with Crippen molar-refractivity contribution < 1.29 is 14.6 Å². The summed E-state index contributed by atoms with van der Waals surface area (Å²) in [6.45, 7) is 2.03. The highest BCUT2D eigenvalue weighted by atomic mass is 16.5. The maximum absolute atomic E-state index is 12.8. The largest absolute Gasteiger partial charge is 0.505 e. The third kappa shape index (κ3) is 4.17. The highest BCUT2D eigenvalue weighted by Gasteiger charge is 2.21. The van der Waals surface area contributed by atoms with E-state index in [0.29, 0.717) is 5.69 Å². The maximum atomic E-state index is 12.8. The van der Waals surface area contributed by atoms with Crippen LogP contribution >= 0.6 is 0 Å². The standard InChI is InChI=1S/C23H19N5O4/c1-2-32-23-18-16(12-17(26-23)15-6-4-3-5-7-15)20(29)19(27-21(18)30)22(31)28-25-13-14-8-10-24-11-9-14/h3-13,29H,2H2,1H3,(H,27,30)(H,28,31)/b25-13+. The number of aromatic amines is 1. The van der Waals surface area contributed by atoms with Gasteiger partial charge in [0.25, 0.3) is 11.5 Å². The van der Waals surface area contributed by atoms with E-state index in [1.807, 2.05) is 30.3 Å². The molecule has 0 fully saturated rings. The van der Waals surface area contributed by atoms with Gasteiger partial charge in [0, 0.05) is 23.3 Å². The van der Waals surface area contributed by atoms with Gasteiger partial charge in [0.05, 0.1) is 18.5 Å². The first kappa shape index (κ1) is 20.7. The van der Waals surface area contributed by atoms with Gasteiger partial charge >= 0.3 is 0 Å². The van der Waals surface area contributed by atoms with E-state index < -0.39 is 17.2 Å². The van der Waals surface area contributed by atoms with E-state index in [2.05, 4.69) is 25.5 Å². The van der Waals surface area contributed by atoms with Crippen LogP contribution in [-0.2, 0) is 0 Å². The summed E-state index contributed by atoms with van der Waals surface area (Å²) < 4.78 is 5.56. The fraction of sp³-hybridized carbons (Fsp3) is 0.0870. The molecule has 4 rings (SSSR count). The molecule has 32 heavy (non-hydrogen) atoms. The lowest BCUT2D eigenvalue weighted by Crippen LogP contribution is -2.23. The molecule has 3 aromatic heterocycles. The summed E-state index contributed by atoms with van der Waals surface area (Å²) >= 11 is 0. The van der Waals surface area contributed by atoms with Crippen LogP contribution in [0.1, 0.15) is 23.0 Å². The predicted molar refractivity (Wildman–Crippen MR) is 120 cm³/mol. The molecular formula is C23H19N5O4. The van der Waals surface area contributed by atoms with Crippen molar-refractivity contribution in [1.82, 2.24) is 20.4 Å². The quantitative estimate of drug-likeness (QED) is 0.319. The maximum Gasteiger partial charge on any atom is 0.291 e. The van der Waals surface area contributed by atoms with Crippen LogP contribution in [0.2, 0.25) is 0 Å². The average molecular weight is 429 g/mol. The number of carbonyl (C=O) groups is 1. The van der Waals surface area contributed by atoms with E-state index in [9.17, 15) is 14.7 Å². The summed E-state index contributed by atoms with van der Waals surface area (Å²) in [6, 6.07) is 14.2. The van der Waals surface area contributed by atoms with Gasteiger partial charge in [-0.05, 0) is 30.7 Å². The Labute approximate surface area is 182 Å². The van der Waals surface area contributed by atoms with Gasteiger partial charge in [0.15, 0.2) is 11.4 Å². The summed E-state index contributed by atoms with van der Waals surface area (Å²) in [5.41, 5.74) is 3.34. The lowest BCUT2D eigenvalue weighted by atomic mass is 10.1. The van der Waals surface area contributed by atoms with Gasteiger partial charge in [-0.15, -0.1) is 0 Å². The zero-order valence-corrected chi connectivity index (χ0v) is 17.1. The molecule has 0 unspecified atom stereocenters. The fourth-order valence-corrected chi connectivity index (χ4v) is 3.13. The second-order valence-corrected chi connectivity index (χ2v) is 6.69. The van der Waals surface area contributed by atoms with Gasteiger partial charge < -0.3 is 14.8 Å². The van der Waals surface area contributed by atoms with Crippen LogP contribution in [0.4, 0.5) is 0 Å². The monoisotopic (exact) mass is 429 g/mol. The van der Waals surface area contributed by atoms with Crippen LogP contribution in [0.15, 0.2) is 70.8 Å². The summed E-state index contributed by atoms with van der Waals surface area (Å²) in [5, 5.41) is 14.9. The first-order valence-electron chi connectivity index (χ1n) is 9.80. The van der Waals surface area contributed by atoms with Gasteiger partial charge in [-0.25, -0.2) is 10.4 Å². The Morgan fingerprint density at radius 3 is 2.69 bits per heavy atom. The van der Waals surface area contributed by atoms with Crippen molar-refractivity contribution in [3.63, 3.8) is 0 Å². The highest BCUT2D eigenvalue weighted by molar-refractivity contribution is 6.03. The van der Waals surface area contributed by atoms with E-state index in [0.717, 1.165) is 11.1 Å². The molecule has 0 saturated carbocycles. The van der Waals surface area contributed by atoms with Crippen molar-refractivity contribution in [1.29, 1.82) is 0 Å². The number of fused-ring (bicyclic) bond motifs is 1. The number of aromatic hydroxyl groups is 1. The van der Waals surface area contributed by atoms with Crippen molar-refractivity contribution in [2.45, 2.75) is 6.92 Å². The number of nitrogens with one attached hydrogen (secondary N) is 2. The number of hydrogen-bond donors (Lipinski definition) is 3. The summed E-state index contributed by atoms with van der Waals surface area (Å²) in [5.74, 6) is -1.11. The highest BCUT2D eigenvalue weighted by Crippen LogP contribution is 2.33. The second kappa shape index (κ2) is 9.09. The fourth-order valence-electron chi connectivity index (χ4n) is 3.13. The molecule has 9 heteroatoms. The van der Waals surface area contributed by atoms with E-state index in [1.54, 1.807) is 37.5 Å². The number of ether oxygens (including phenoxy) is 1. The van der Waals surface area contributed by atoms with E-state index >= 15 is 0 Å². The molecule has 1 aromatic carbocycles. The second-order valence-electron chi connectivity index (χ2n) is 6.69. The van der Waals surface area contributed by atoms with Gasteiger partial charge in [0.1, 0.15) is 5.39 Å². The molecule has 0 radical (unpaired) electrons. The van der Waals surface area contributed by atoms with Crippen LogP contribution in [0.25, 0.3) is 22.0 Å². The zero-order valence-electron chi connectivity index (χ0n) is 17.1. The SMILES string of the molecule is CCOc1nc(-c2ccccc2)cc2c(O)c(C(=O)N/N=C/c3ccncc3)[nH]c(=O)c12. The zero-order chi connectivity index (χ0) is 22.5. The number of H-pyrrole nitrogens is 1. The van der Waals surface area contributed by atoms with Crippen LogP contribution in [0, 0.1) is 0 Å². The minimum absolute atomic E-state index is 0.0564. The first-order chi connectivity index (χ1) is 15.6. The normalized spacial score (nSPS) is 11.0. The third-order valence-corrected chi connectivity index (χ3v) is 4.61. The van der Waals surface area contributed by atoms with Crippen LogP contribution in [0.3, 0.4) is 0 Å². The number of hydrogen-bond acceptors (Lipinski definition) is 7. The minimum Gasteiger partial charge on any atom is -0.505 e. The van der Waals surface area contributed by atoms with Gasteiger partial charge in [-0.2, -0.15) is 5.10 Å². The molecule has 0 aliphatic heterocycles. The smallest absolute Gasteiger partial charge is 0.291 e. The van der Waals surface area contributed by atoms with Crippen LogP contribution in [-0.4, -0.2) is 38.8 Å². The Hall–Kier alpha value is -4.53. The minimum atomic E-state index is -0.775.